The maximum Gasteiger partial charge on any atom is 0.403 e. The summed E-state index contributed by atoms with van der Waals surface area (Å²) in [6.07, 6.45) is 5.70. The number of rotatable bonds is 0. The van der Waals surface area contributed by atoms with Crippen LogP contribution >= 0.6 is 0 Å². The van der Waals surface area contributed by atoms with E-state index in [0.29, 0.717) is 0 Å². The van der Waals surface area contributed by atoms with Gasteiger partial charge in [-0.2, -0.15) is 9.97 Å². The van der Waals surface area contributed by atoms with Gasteiger partial charge in [-0.15, -0.1) is 0 Å². The van der Waals surface area contributed by atoms with Crippen molar-refractivity contribution in [3.05, 3.63) is 43.0 Å². The van der Waals surface area contributed by atoms with Crippen LogP contribution in [0.5, 0.6) is 0 Å². The predicted octanol–water partition coefficient (Wildman–Crippen LogP) is 1.51. The van der Waals surface area contributed by atoms with Crippen molar-refractivity contribution in [3.63, 3.8) is 0 Å². The fraction of sp³-hybridized carbons (Fsp3) is 0. The van der Waals surface area contributed by atoms with Crippen molar-refractivity contribution >= 4 is 10.8 Å². The van der Waals surface area contributed by atoms with Gasteiger partial charge in [0.05, 0.1) is 11.3 Å². The van der Waals surface area contributed by atoms with Crippen LogP contribution in [0.25, 0.3) is 33.3 Å². The highest BCUT2D eigenvalue weighted by molar-refractivity contribution is 6.11. The summed E-state index contributed by atoms with van der Waals surface area (Å²) in [6.45, 7) is 0. The number of nitrogens with zero attached hydrogens (tertiary/aromatic N) is 1. The Morgan fingerprint density at radius 2 is 2.06 bits per heavy atom. The third-order valence-electron chi connectivity index (χ3n) is 3.11. The second-order valence-corrected chi connectivity index (χ2v) is 3.95. The lowest BCUT2D eigenvalue weighted by Gasteiger charge is -1.97. The molecule has 16 heavy (non-hydrogen) atoms. The summed E-state index contributed by atoms with van der Waals surface area (Å²) in [4.78, 5) is 10.8. The van der Waals surface area contributed by atoms with Crippen molar-refractivity contribution in [2.24, 2.45) is 0 Å². The number of hydrogen-bond acceptors (Lipinski definition) is 1. The number of hydrogen-bond donors (Lipinski definition) is 0. The van der Waals surface area contributed by atoms with E-state index in [1.807, 2.05) is 18.7 Å². The summed E-state index contributed by atoms with van der Waals surface area (Å²) in [7, 11) is 0. The maximum atomic E-state index is 4.48. The average Bonchev–Trinajstić information content (AvgIpc) is 2.68. The van der Waals surface area contributed by atoms with E-state index in [0.717, 1.165) is 17.0 Å². The highest BCUT2D eigenvalue weighted by atomic mass is 14.8. The molecule has 0 amide bonds. The number of pyridine rings is 1. The van der Waals surface area contributed by atoms with Gasteiger partial charge in [0.2, 0.25) is 5.69 Å². The van der Waals surface area contributed by atoms with E-state index in [1.54, 1.807) is 0 Å². The van der Waals surface area contributed by atoms with Crippen LogP contribution in [0, 0.1) is 0 Å². The van der Waals surface area contributed by atoms with Gasteiger partial charge >= 0.3 is 6.33 Å². The Hall–Kier alpha value is -2.29. The highest BCUT2D eigenvalue weighted by Gasteiger charge is 2.29. The van der Waals surface area contributed by atoms with Crippen LogP contribution in [0.15, 0.2) is 43.0 Å². The Balaban J connectivity index is 2.31. The third-order valence-corrected chi connectivity index (χ3v) is 3.11. The standard InChI is InChI=1S/C13H7N3/c1-2-8-4-5-15-13-10-6-14-7-16-12(10)9(3-1)11(8)13/h1-7H/p+2. The van der Waals surface area contributed by atoms with Gasteiger partial charge in [0.15, 0.2) is 6.20 Å². The second-order valence-electron chi connectivity index (χ2n) is 3.95. The minimum Gasteiger partial charge on any atom is -0.255 e. The molecular weight excluding hydrogens is 198 g/mol. The van der Waals surface area contributed by atoms with Crippen LogP contribution < -0.4 is 9.97 Å². The fourth-order valence-corrected chi connectivity index (χ4v) is 2.44. The van der Waals surface area contributed by atoms with Gasteiger partial charge in [-0.1, -0.05) is 12.1 Å². The molecule has 2 N–H and O–H groups in total. The van der Waals surface area contributed by atoms with E-state index in [1.165, 1.54) is 16.3 Å². The first-order chi connectivity index (χ1) is 7.95. The summed E-state index contributed by atoms with van der Waals surface area (Å²) in [5.41, 5.74) is 4.60. The number of fused-ring (bicyclic) bond motifs is 3. The van der Waals surface area contributed by atoms with Gasteiger partial charge in [-0.05, 0) is 17.5 Å². The topological polar surface area (TPSA) is 41.2 Å². The molecule has 0 fully saturated rings. The van der Waals surface area contributed by atoms with Crippen LogP contribution in [0.2, 0.25) is 0 Å². The molecule has 2 aromatic heterocycles. The number of H-pyrrole nitrogens is 2. The molecule has 3 nitrogen and oxygen atoms in total. The van der Waals surface area contributed by atoms with Gasteiger partial charge in [-0.3, -0.25) is 4.98 Å². The van der Waals surface area contributed by atoms with Crippen LogP contribution in [0.4, 0.5) is 0 Å². The van der Waals surface area contributed by atoms with Gasteiger partial charge in [0, 0.05) is 11.6 Å². The quantitative estimate of drug-likeness (QED) is 0.431. The van der Waals surface area contributed by atoms with Crippen molar-refractivity contribution in [2.75, 3.05) is 0 Å². The minimum atomic E-state index is 1.07. The summed E-state index contributed by atoms with van der Waals surface area (Å²) in [5, 5.41) is 2.49. The highest BCUT2D eigenvalue weighted by Crippen LogP contribution is 2.42. The van der Waals surface area contributed by atoms with Gasteiger partial charge in [-0.25, -0.2) is 0 Å². The van der Waals surface area contributed by atoms with Crippen molar-refractivity contribution < 1.29 is 9.97 Å². The van der Waals surface area contributed by atoms with E-state index >= 15 is 0 Å². The van der Waals surface area contributed by atoms with E-state index in [2.05, 4.69) is 39.2 Å². The lowest BCUT2D eigenvalue weighted by molar-refractivity contribution is -0.523. The van der Waals surface area contributed by atoms with Crippen molar-refractivity contribution in [2.45, 2.75) is 0 Å². The molecule has 1 aliphatic carbocycles. The SMILES string of the molecule is c1cc2c3c(nccc3c1)-c1c[nH+]c[nH+]c1-2. The van der Waals surface area contributed by atoms with Gasteiger partial charge in [0.25, 0.3) is 0 Å². The average molecular weight is 207 g/mol. The third kappa shape index (κ3) is 0.810. The monoisotopic (exact) mass is 207 g/mol. The molecule has 0 radical (unpaired) electrons. The Morgan fingerprint density at radius 1 is 1.06 bits per heavy atom. The number of aromatic nitrogens is 3. The second kappa shape index (κ2) is 2.64. The first-order valence-corrected chi connectivity index (χ1v) is 5.25. The Morgan fingerprint density at radius 3 is 3.06 bits per heavy atom. The van der Waals surface area contributed by atoms with Crippen molar-refractivity contribution in [1.29, 1.82) is 0 Å². The predicted molar refractivity (Wildman–Crippen MR) is 59.3 cm³/mol. The van der Waals surface area contributed by atoms with E-state index in [-0.39, 0.29) is 0 Å². The molecule has 1 aliphatic rings. The molecule has 0 atom stereocenters. The molecule has 0 aliphatic heterocycles. The number of nitrogens with one attached hydrogen (secondary N) is 2. The number of aromatic amines is 2. The molecule has 4 rings (SSSR count). The van der Waals surface area contributed by atoms with E-state index in [9.17, 15) is 0 Å². The smallest absolute Gasteiger partial charge is 0.255 e. The molecule has 2 heterocycles. The minimum absolute atomic E-state index is 1.07. The Kier molecular flexibility index (Phi) is 1.31. The number of benzene rings is 1. The van der Waals surface area contributed by atoms with Crippen LogP contribution in [0.3, 0.4) is 0 Å². The molecular formula is C13H9N3+2. The molecule has 3 aromatic rings. The molecule has 0 saturated carbocycles. The summed E-state index contributed by atoms with van der Waals surface area (Å²) in [6, 6.07) is 8.40. The Bertz CT molecular complexity index is 661. The van der Waals surface area contributed by atoms with Crippen LogP contribution in [-0.2, 0) is 0 Å². The van der Waals surface area contributed by atoms with Gasteiger partial charge < -0.3 is 0 Å². The fourth-order valence-electron chi connectivity index (χ4n) is 2.44. The van der Waals surface area contributed by atoms with Crippen LogP contribution in [0.1, 0.15) is 0 Å². The first kappa shape index (κ1) is 7.93. The zero-order valence-corrected chi connectivity index (χ0v) is 8.49. The molecule has 0 unspecified atom stereocenters. The summed E-state index contributed by atoms with van der Waals surface area (Å²) >= 11 is 0. The maximum absolute atomic E-state index is 4.48. The molecule has 3 heteroatoms. The molecule has 0 saturated heterocycles. The van der Waals surface area contributed by atoms with E-state index < -0.39 is 0 Å². The largest absolute Gasteiger partial charge is 0.403 e. The lowest BCUT2D eigenvalue weighted by atomic mass is 10.1. The molecule has 0 spiro atoms. The van der Waals surface area contributed by atoms with Crippen molar-refractivity contribution in [3.8, 4) is 22.5 Å². The molecule has 1 aromatic carbocycles. The molecule has 74 valence electrons. The summed E-state index contributed by atoms with van der Waals surface area (Å²) < 4.78 is 0. The zero-order valence-electron chi connectivity index (χ0n) is 8.49. The first-order valence-electron chi connectivity index (χ1n) is 5.25. The lowest BCUT2D eigenvalue weighted by Crippen LogP contribution is -2.16. The molecule has 0 bridgehead atoms. The van der Waals surface area contributed by atoms with Crippen LogP contribution in [-0.4, -0.2) is 4.98 Å². The normalized spacial score (nSPS) is 11.8. The summed E-state index contributed by atoms with van der Waals surface area (Å²) in [5.74, 6) is 0. The van der Waals surface area contributed by atoms with Gasteiger partial charge in [0.1, 0.15) is 5.56 Å². The van der Waals surface area contributed by atoms with E-state index in [4.69, 9.17) is 0 Å². The Labute approximate surface area is 91.8 Å². The zero-order chi connectivity index (χ0) is 10.5. The van der Waals surface area contributed by atoms with Crippen molar-refractivity contribution in [1.82, 2.24) is 4.98 Å².